The Labute approximate surface area is 96.1 Å². The number of carbonyl (C=O) groups is 1. The van der Waals surface area contributed by atoms with Gasteiger partial charge in [0.15, 0.2) is 0 Å². The second kappa shape index (κ2) is 5.95. The molecule has 1 aromatic carbocycles. The van der Waals surface area contributed by atoms with E-state index in [1.54, 1.807) is 6.07 Å². The topological polar surface area (TPSA) is 57.5 Å². The van der Waals surface area contributed by atoms with E-state index < -0.39 is 5.97 Å². The van der Waals surface area contributed by atoms with Crippen LogP contribution in [0.1, 0.15) is 26.3 Å². The molecule has 0 saturated heterocycles. The van der Waals surface area contributed by atoms with Gasteiger partial charge in [0.25, 0.3) is 5.97 Å². The average molecular weight is 222 g/mol. The molecule has 3 nitrogen and oxygen atoms in total. The van der Waals surface area contributed by atoms with Crippen molar-refractivity contribution >= 4 is 5.97 Å². The van der Waals surface area contributed by atoms with Crippen LogP contribution >= 0.6 is 0 Å². The van der Waals surface area contributed by atoms with E-state index >= 15 is 0 Å². The Morgan fingerprint density at radius 2 is 1.81 bits per heavy atom. The molecule has 0 aromatic heterocycles. The predicted molar refractivity (Wildman–Crippen MR) is 64.6 cm³/mol. The number of para-hydroxylation sites is 1. The lowest BCUT2D eigenvalue weighted by molar-refractivity contribution is -0.134. The molecule has 0 spiro atoms. The molecule has 0 amide bonds. The van der Waals surface area contributed by atoms with Gasteiger partial charge in [-0.1, -0.05) is 38.1 Å². The van der Waals surface area contributed by atoms with E-state index in [0.717, 1.165) is 12.5 Å². The van der Waals surface area contributed by atoms with Crippen molar-refractivity contribution in [3.8, 4) is 5.75 Å². The Balaban J connectivity index is 0.000000487. The molecule has 3 heteroatoms. The lowest BCUT2D eigenvalue weighted by Gasteiger charge is -2.21. The first-order valence-corrected chi connectivity index (χ1v) is 4.93. The van der Waals surface area contributed by atoms with Crippen LogP contribution in [0.2, 0.25) is 0 Å². The fourth-order valence-electron chi connectivity index (χ4n) is 1.13. The normalized spacial score (nSPS) is 9.94. The second-order valence-electron chi connectivity index (χ2n) is 3.96. The molecule has 0 aliphatic rings. The van der Waals surface area contributed by atoms with Gasteiger partial charge in [-0.15, -0.1) is 6.58 Å². The van der Waals surface area contributed by atoms with Crippen molar-refractivity contribution in [2.24, 2.45) is 0 Å². The number of hydrogen-bond donors (Lipinski definition) is 2. The number of rotatable bonds is 2. The molecule has 0 unspecified atom stereocenters. The van der Waals surface area contributed by atoms with Gasteiger partial charge in [0.05, 0.1) is 0 Å². The number of aromatic hydroxyl groups is 1. The number of carboxylic acid groups (broad SMARTS) is 1. The van der Waals surface area contributed by atoms with Crippen molar-refractivity contribution in [2.45, 2.75) is 26.2 Å². The molecule has 16 heavy (non-hydrogen) atoms. The first-order valence-electron chi connectivity index (χ1n) is 4.93. The SMILES string of the molecule is C=CC(C)(C)c1ccccc1O.CC(=O)O. The van der Waals surface area contributed by atoms with E-state index in [-0.39, 0.29) is 5.41 Å². The molecule has 0 radical (unpaired) electrons. The largest absolute Gasteiger partial charge is 0.508 e. The zero-order chi connectivity index (χ0) is 12.8. The maximum Gasteiger partial charge on any atom is 0.300 e. The van der Waals surface area contributed by atoms with Gasteiger partial charge in [0.1, 0.15) is 5.75 Å². The highest BCUT2D eigenvalue weighted by Gasteiger charge is 2.18. The van der Waals surface area contributed by atoms with Crippen molar-refractivity contribution in [2.75, 3.05) is 0 Å². The number of carboxylic acids is 1. The van der Waals surface area contributed by atoms with Crippen molar-refractivity contribution in [3.63, 3.8) is 0 Å². The molecule has 88 valence electrons. The Kier molecular flexibility index (Phi) is 5.30. The fourth-order valence-corrected chi connectivity index (χ4v) is 1.13. The molecule has 0 atom stereocenters. The second-order valence-corrected chi connectivity index (χ2v) is 3.96. The summed E-state index contributed by atoms with van der Waals surface area (Å²) in [5, 5.41) is 16.9. The highest BCUT2D eigenvalue weighted by atomic mass is 16.4. The first kappa shape index (κ1) is 14.2. The highest BCUT2D eigenvalue weighted by molar-refractivity contribution is 5.62. The highest BCUT2D eigenvalue weighted by Crippen LogP contribution is 2.30. The Bertz CT molecular complexity index is 363. The molecule has 1 aromatic rings. The zero-order valence-corrected chi connectivity index (χ0v) is 9.90. The number of phenolic OH excluding ortho intramolecular Hbond substituents is 1. The van der Waals surface area contributed by atoms with Crippen molar-refractivity contribution in [1.82, 2.24) is 0 Å². The summed E-state index contributed by atoms with van der Waals surface area (Å²) in [5.41, 5.74) is 0.755. The van der Waals surface area contributed by atoms with Gasteiger partial charge in [0.2, 0.25) is 0 Å². The maximum absolute atomic E-state index is 9.53. The molecule has 0 fully saturated rings. The molecule has 0 aliphatic carbocycles. The standard InChI is InChI=1S/C11H14O.C2H4O2/c1-4-11(2,3)9-7-5-6-8-10(9)12;1-2(3)4/h4-8,12H,1H2,2-3H3;1H3,(H,3,4). The summed E-state index contributed by atoms with van der Waals surface area (Å²) in [6.45, 7) is 8.87. The van der Waals surface area contributed by atoms with Crippen molar-refractivity contribution < 1.29 is 15.0 Å². The Hall–Kier alpha value is -1.77. The summed E-state index contributed by atoms with van der Waals surface area (Å²) in [6.07, 6.45) is 1.84. The molecule has 0 bridgehead atoms. The van der Waals surface area contributed by atoms with Crippen LogP contribution in [0.5, 0.6) is 5.75 Å². The van der Waals surface area contributed by atoms with E-state index in [4.69, 9.17) is 9.90 Å². The van der Waals surface area contributed by atoms with Gasteiger partial charge in [0, 0.05) is 17.9 Å². The lowest BCUT2D eigenvalue weighted by Crippen LogP contribution is -2.12. The van der Waals surface area contributed by atoms with Gasteiger partial charge < -0.3 is 10.2 Å². The van der Waals surface area contributed by atoms with Crippen LogP contribution in [0.15, 0.2) is 36.9 Å². The van der Waals surface area contributed by atoms with Gasteiger partial charge >= 0.3 is 0 Å². The van der Waals surface area contributed by atoms with Crippen LogP contribution in [-0.4, -0.2) is 16.2 Å². The fraction of sp³-hybridized carbons (Fsp3) is 0.308. The minimum Gasteiger partial charge on any atom is -0.508 e. The van der Waals surface area contributed by atoms with Crippen molar-refractivity contribution in [3.05, 3.63) is 42.5 Å². The van der Waals surface area contributed by atoms with Gasteiger partial charge in [-0.3, -0.25) is 4.79 Å². The predicted octanol–water partition coefficient (Wildman–Crippen LogP) is 2.95. The molecule has 1 rings (SSSR count). The molecule has 0 saturated carbocycles. The summed E-state index contributed by atoms with van der Waals surface area (Å²) in [6, 6.07) is 7.34. The quantitative estimate of drug-likeness (QED) is 0.756. The summed E-state index contributed by atoms with van der Waals surface area (Å²) < 4.78 is 0. The number of benzene rings is 1. The molecule has 2 N–H and O–H groups in total. The average Bonchev–Trinajstić information content (AvgIpc) is 2.17. The number of hydrogen-bond acceptors (Lipinski definition) is 2. The minimum absolute atomic E-state index is 0.161. The van der Waals surface area contributed by atoms with Crippen LogP contribution in [0.3, 0.4) is 0 Å². The summed E-state index contributed by atoms with van der Waals surface area (Å²) in [5.74, 6) is -0.498. The lowest BCUT2D eigenvalue weighted by atomic mass is 9.84. The zero-order valence-electron chi connectivity index (χ0n) is 9.90. The first-order chi connectivity index (χ1) is 7.31. The van der Waals surface area contributed by atoms with Crippen LogP contribution < -0.4 is 0 Å². The van der Waals surface area contributed by atoms with E-state index in [9.17, 15) is 5.11 Å². The smallest absolute Gasteiger partial charge is 0.300 e. The van der Waals surface area contributed by atoms with Crippen molar-refractivity contribution in [1.29, 1.82) is 0 Å². The van der Waals surface area contributed by atoms with Gasteiger partial charge in [-0.25, -0.2) is 0 Å². The Morgan fingerprint density at radius 1 is 1.38 bits per heavy atom. The number of phenols is 1. The summed E-state index contributed by atoms with van der Waals surface area (Å²) >= 11 is 0. The van der Waals surface area contributed by atoms with Crippen LogP contribution in [-0.2, 0) is 10.2 Å². The maximum atomic E-state index is 9.53. The third-order valence-corrected chi connectivity index (χ3v) is 2.11. The van der Waals surface area contributed by atoms with E-state index in [2.05, 4.69) is 6.58 Å². The summed E-state index contributed by atoms with van der Waals surface area (Å²) in [4.78, 5) is 9.00. The molecule has 0 heterocycles. The minimum atomic E-state index is -0.833. The molecular weight excluding hydrogens is 204 g/mol. The summed E-state index contributed by atoms with van der Waals surface area (Å²) in [7, 11) is 0. The van der Waals surface area contributed by atoms with E-state index in [0.29, 0.717) is 5.75 Å². The van der Waals surface area contributed by atoms with Crippen LogP contribution in [0.4, 0.5) is 0 Å². The van der Waals surface area contributed by atoms with Crippen LogP contribution in [0.25, 0.3) is 0 Å². The monoisotopic (exact) mass is 222 g/mol. The third kappa shape index (κ3) is 4.64. The van der Waals surface area contributed by atoms with Gasteiger partial charge in [-0.05, 0) is 6.07 Å². The number of allylic oxidation sites excluding steroid dienone is 1. The Morgan fingerprint density at radius 3 is 2.19 bits per heavy atom. The van der Waals surface area contributed by atoms with Gasteiger partial charge in [-0.2, -0.15) is 0 Å². The number of aliphatic carboxylic acids is 1. The molecule has 0 aliphatic heterocycles. The van der Waals surface area contributed by atoms with E-state index in [1.165, 1.54) is 0 Å². The third-order valence-electron chi connectivity index (χ3n) is 2.11. The molecular formula is C13H18O3. The van der Waals surface area contributed by atoms with Crippen LogP contribution in [0, 0.1) is 0 Å². The van der Waals surface area contributed by atoms with E-state index in [1.807, 2.05) is 38.1 Å².